The van der Waals surface area contributed by atoms with E-state index in [1.54, 1.807) is 54.6 Å². The summed E-state index contributed by atoms with van der Waals surface area (Å²) in [5.41, 5.74) is 3.67. The lowest BCUT2D eigenvalue weighted by molar-refractivity contribution is -0.140. The number of amides is 2. The molecule has 10 heteroatoms. The van der Waals surface area contributed by atoms with Crippen LogP contribution in [-0.4, -0.2) is 44.3 Å². The number of benzene rings is 4. The molecule has 4 rings (SSSR count). The predicted octanol–water partition coefficient (Wildman–Crippen LogP) is 6.97. The largest absolute Gasteiger partial charge is 0.354 e. The Hall–Kier alpha value is -3.85. The zero-order valence-corrected chi connectivity index (χ0v) is 27.9. The molecule has 0 aliphatic heterocycles. The van der Waals surface area contributed by atoms with E-state index >= 15 is 0 Å². The van der Waals surface area contributed by atoms with Gasteiger partial charge in [-0.25, -0.2) is 8.42 Å². The summed E-state index contributed by atoms with van der Waals surface area (Å²) in [5.74, 6) is -0.887. The van der Waals surface area contributed by atoms with Crippen LogP contribution >= 0.6 is 23.2 Å². The van der Waals surface area contributed by atoms with Gasteiger partial charge >= 0.3 is 0 Å². The van der Waals surface area contributed by atoms with Gasteiger partial charge in [-0.05, 0) is 67.8 Å². The summed E-state index contributed by atoms with van der Waals surface area (Å²) in [6.45, 7) is 5.60. The molecule has 0 radical (unpaired) electrons. The molecule has 2 amide bonds. The summed E-state index contributed by atoms with van der Waals surface area (Å²) < 4.78 is 29.3. The van der Waals surface area contributed by atoms with Gasteiger partial charge in [0.2, 0.25) is 11.8 Å². The highest BCUT2D eigenvalue weighted by molar-refractivity contribution is 7.92. The minimum atomic E-state index is -4.17. The third-order valence-corrected chi connectivity index (χ3v) is 9.89. The minimum Gasteiger partial charge on any atom is -0.354 e. The van der Waals surface area contributed by atoms with Crippen molar-refractivity contribution in [2.45, 2.75) is 51.1 Å². The van der Waals surface area contributed by atoms with E-state index in [-0.39, 0.29) is 23.8 Å². The van der Waals surface area contributed by atoms with E-state index in [1.165, 1.54) is 17.0 Å². The maximum atomic E-state index is 14.5. The van der Waals surface area contributed by atoms with Crippen molar-refractivity contribution in [3.63, 3.8) is 0 Å². The van der Waals surface area contributed by atoms with Gasteiger partial charge in [0, 0.05) is 19.5 Å². The SMILES string of the molecule is CCCNC(=O)[C@@H](Cc1ccccc1)N(Cc1ccc(Cl)c(Cl)c1)C(=O)CN(c1ccc(C)cc1)S(=O)(=O)c1ccc(C)cc1. The van der Waals surface area contributed by atoms with Crippen LogP contribution in [0.15, 0.2) is 102 Å². The Balaban J connectivity index is 1.80. The number of anilines is 1. The molecule has 1 N–H and O–H groups in total. The smallest absolute Gasteiger partial charge is 0.264 e. The van der Waals surface area contributed by atoms with Crippen molar-refractivity contribution < 1.29 is 18.0 Å². The summed E-state index contributed by atoms with van der Waals surface area (Å²) in [4.78, 5) is 29.7. The van der Waals surface area contributed by atoms with Crippen LogP contribution in [0.4, 0.5) is 5.69 Å². The Kier molecular flexibility index (Phi) is 11.7. The second kappa shape index (κ2) is 15.4. The number of halogens is 2. The molecule has 0 heterocycles. The summed E-state index contributed by atoms with van der Waals surface area (Å²) in [7, 11) is -4.17. The number of rotatable bonds is 13. The maximum Gasteiger partial charge on any atom is 0.264 e. The fourth-order valence-corrected chi connectivity index (χ4v) is 6.57. The minimum absolute atomic E-state index is 0.000908. The standard InChI is InChI=1S/C35H37Cl2N3O4S/c1-4-20-38-35(42)33(22-27-8-6-5-7-9-27)39(23-28-14-19-31(36)32(37)21-28)34(41)24-40(29-15-10-25(2)11-16-29)45(43,44)30-17-12-26(3)13-18-30/h5-19,21,33H,4,20,22-24H2,1-3H3,(H,38,42)/t33-/m1/s1. The third kappa shape index (κ3) is 8.87. The van der Waals surface area contributed by atoms with Gasteiger partial charge in [-0.1, -0.05) is 102 Å². The van der Waals surface area contributed by atoms with E-state index < -0.39 is 28.5 Å². The van der Waals surface area contributed by atoms with Crippen molar-refractivity contribution in [2.75, 3.05) is 17.4 Å². The van der Waals surface area contributed by atoms with E-state index in [0.717, 1.165) is 21.0 Å². The quantitative estimate of drug-likeness (QED) is 0.167. The molecule has 7 nitrogen and oxygen atoms in total. The molecular formula is C35H37Cl2N3O4S. The Labute approximate surface area is 275 Å². The first-order valence-corrected chi connectivity index (χ1v) is 16.9. The Morgan fingerprint density at radius 2 is 1.42 bits per heavy atom. The zero-order valence-electron chi connectivity index (χ0n) is 25.5. The number of nitrogens with one attached hydrogen (secondary N) is 1. The fourth-order valence-electron chi connectivity index (χ4n) is 4.83. The van der Waals surface area contributed by atoms with E-state index in [9.17, 15) is 18.0 Å². The maximum absolute atomic E-state index is 14.5. The van der Waals surface area contributed by atoms with E-state index in [2.05, 4.69) is 5.32 Å². The number of aryl methyl sites for hydroxylation is 2. The van der Waals surface area contributed by atoms with Crippen LogP contribution in [0.25, 0.3) is 0 Å². The van der Waals surface area contributed by atoms with Gasteiger partial charge in [-0.15, -0.1) is 0 Å². The number of hydrogen-bond donors (Lipinski definition) is 1. The van der Waals surface area contributed by atoms with Gasteiger partial charge in [0.05, 0.1) is 20.6 Å². The third-order valence-electron chi connectivity index (χ3n) is 7.37. The van der Waals surface area contributed by atoms with Crippen LogP contribution in [0, 0.1) is 13.8 Å². The van der Waals surface area contributed by atoms with Gasteiger partial charge in [0.25, 0.3) is 10.0 Å². The molecule has 0 aliphatic rings. The number of carbonyl (C=O) groups excluding carboxylic acids is 2. The molecule has 0 aromatic heterocycles. The average molecular weight is 667 g/mol. The van der Waals surface area contributed by atoms with Crippen molar-refractivity contribution in [3.05, 3.63) is 129 Å². The fraction of sp³-hybridized carbons (Fsp3) is 0.257. The molecule has 0 bridgehead atoms. The Morgan fingerprint density at radius 3 is 2.02 bits per heavy atom. The van der Waals surface area contributed by atoms with Gasteiger partial charge < -0.3 is 10.2 Å². The summed E-state index contributed by atoms with van der Waals surface area (Å²) in [5, 5.41) is 3.60. The molecule has 1 atom stereocenters. The molecule has 0 saturated carbocycles. The van der Waals surface area contributed by atoms with Crippen molar-refractivity contribution in [3.8, 4) is 0 Å². The molecule has 0 spiro atoms. The molecule has 0 unspecified atom stereocenters. The Bertz CT molecular complexity index is 1710. The first-order chi connectivity index (χ1) is 21.5. The van der Waals surface area contributed by atoms with Crippen LogP contribution in [0.1, 0.15) is 35.6 Å². The van der Waals surface area contributed by atoms with Crippen LogP contribution in [-0.2, 0) is 32.6 Å². The molecule has 45 heavy (non-hydrogen) atoms. The van der Waals surface area contributed by atoms with Crippen LogP contribution < -0.4 is 9.62 Å². The summed E-state index contributed by atoms with van der Waals surface area (Å²) in [6, 6.07) is 26.9. The van der Waals surface area contributed by atoms with Gasteiger partial charge in [0.15, 0.2) is 0 Å². The van der Waals surface area contributed by atoms with Crippen molar-refractivity contribution in [2.24, 2.45) is 0 Å². The summed E-state index contributed by atoms with van der Waals surface area (Å²) in [6.07, 6.45) is 0.930. The Morgan fingerprint density at radius 1 is 0.800 bits per heavy atom. The normalized spacial score (nSPS) is 11.9. The highest BCUT2D eigenvalue weighted by Crippen LogP contribution is 2.27. The molecular weight excluding hydrogens is 629 g/mol. The number of carbonyl (C=O) groups is 2. The van der Waals surface area contributed by atoms with Crippen molar-refractivity contribution in [1.29, 1.82) is 0 Å². The van der Waals surface area contributed by atoms with Gasteiger partial charge in [0.1, 0.15) is 12.6 Å². The first kappa shape index (κ1) is 34.0. The monoisotopic (exact) mass is 665 g/mol. The van der Waals surface area contributed by atoms with E-state index in [0.29, 0.717) is 34.3 Å². The topological polar surface area (TPSA) is 86.8 Å². The van der Waals surface area contributed by atoms with Crippen LogP contribution in [0.3, 0.4) is 0 Å². The lowest BCUT2D eigenvalue weighted by Crippen LogP contribution is -2.53. The van der Waals surface area contributed by atoms with Crippen LogP contribution in [0.5, 0.6) is 0 Å². The van der Waals surface area contributed by atoms with Gasteiger partial charge in [-0.3, -0.25) is 13.9 Å². The first-order valence-electron chi connectivity index (χ1n) is 14.7. The highest BCUT2D eigenvalue weighted by atomic mass is 35.5. The zero-order chi connectivity index (χ0) is 32.6. The average Bonchev–Trinajstić information content (AvgIpc) is 3.03. The van der Waals surface area contributed by atoms with E-state index in [4.69, 9.17) is 23.2 Å². The van der Waals surface area contributed by atoms with Gasteiger partial charge in [-0.2, -0.15) is 0 Å². The second-order valence-corrected chi connectivity index (χ2v) is 13.6. The lowest BCUT2D eigenvalue weighted by Gasteiger charge is -2.34. The lowest BCUT2D eigenvalue weighted by atomic mass is 10.0. The second-order valence-electron chi connectivity index (χ2n) is 10.9. The number of nitrogens with zero attached hydrogens (tertiary/aromatic N) is 2. The van der Waals surface area contributed by atoms with E-state index in [1.807, 2.05) is 51.1 Å². The van der Waals surface area contributed by atoms with Crippen molar-refractivity contribution in [1.82, 2.24) is 10.2 Å². The molecule has 0 aliphatic carbocycles. The summed E-state index contributed by atoms with van der Waals surface area (Å²) >= 11 is 12.5. The molecule has 4 aromatic carbocycles. The number of hydrogen-bond acceptors (Lipinski definition) is 4. The molecule has 4 aromatic rings. The van der Waals surface area contributed by atoms with Crippen LogP contribution in [0.2, 0.25) is 10.0 Å². The molecule has 236 valence electrons. The number of sulfonamides is 1. The highest BCUT2D eigenvalue weighted by Gasteiger charge is 2.34. The van der Waals surface area contributed by atoms with Crippen molar-refractivity contribution >= 4 is 50.7 Å². The molecule has 0 saturated heterocycles. The predicted molar refractivity (Wildman–Crippen MR) is 181 cm³/mol. The molecule has 0 fully saturated rings.